The third-order valence-electron chi connectivity index (χ3n) is 1.03. The third kappa shape index (κ3) is 0.739. The smallest absolute Gasteiger partial charge is 0.0919 e. The molecule has 0 saturated heterocycles. The van der Waals surface area contributed by atoms with E-state index >= 15 is 0 Å². The normalized spacial score (nSPS) is 25.8. The van der Waals surface area contributed by atoms with E-state index in [0.717, 1.165) is 5.54 Å². The standard InChI is InChI=1S/C3H9NSi/c4-5-3-1-2-3/h3H,1-2,4-5H2. The van der Waals surface area contributed by atoms with Crippen LogP contribution in [0.1, 0.15) is 12.8 Å². The van der Waals surface area contributed by atoms with Gasteiger partial charge in [-0.25, -0.2) is 0 Å². The quantitative estimate of drug-likeness (QED) is 0.433. The van der Waals surface area contributed by atoms with Crippen LogP contribution in [0.15, 0.2) is 0 Å². The van der Waals surface area contributed by atoms with Crippen LogP contribution in [-0.4, -0.2) is 9.68 Å². The third-order valence-corrected chi connectivity index (χ3v) is 2.51. The van der Waals surface area contributed by atoms with Gasteiger partial charge >= 0.3 is 0 Å². The summed E-state index contributed by atoms with van der Waals surface area (Å²) in [6, 6.07) is 0. The van der Waals surface area contributed by atoms with Crippen molar-refractivity contribution in [1.29, 1.82) is 0 Å². The molecule has 0 aliphatic heterocycles. The predicted octanol–water partition coefficient (Wildman–Crippen LogP) is -0.389. The van der Waals surface area contributed by atoms with Crippen LogP contribution in [0.3, 0.4) is 0 Å². The number of hydrogen-bond donors (Lipinski definition) is 1. The van der Waals surface area contributed by atoms with E-state index in [4.69, 9.17) is 5.40 Å². The zero-order valence-corrected chi connectivity index (χ0v) is 4.69. The molecule has 0 amide bonds. The Morgan fingerprint density at radius 2 is 2.20 bits per heavy atom. The minimum atomic E-state index is -0.0401. The minimum absolute atomic E-state index is 0.0401. The van der Waals surface area contributed by atoms with Crippen molar-refractivity contribution in [1.82, 2.24) is 0 Å². The second kappa shape index (κ2) is 1.10. The van der Waals surface area contributed by atoms with Gasteiger partial charge in [0.15, 0.2) is 0 Å². The highest BCUT2D eigenvalue weighted by atomic mass is 28.2. The van der Waals surface area contributed by atoms with Crippen LogP contribution in [0.2, 0.25) is 5.54 Å². The summed E-state index contributed by atoms with van der Waals surface area (Å²) in [6.07, 6.45) is 2.89. The first-order chi connectivity index (χ1) is 2.43. The molecule has 1 aliphatic carbocycles. The second-order valence-corrected chi connectivity index (χ2v) is 3.31. The molecule has 1 saturated carbocycles. The Morgan fingerprint density at radius 1 is 1.60 bits per heavy atom. The van der Waals surface area contributed by atoms with Gasteiger partial charge in [0, 0.05) is 0 Å². The Kier molecular flexibility index (Phi) is 0.745. The van der Waals surface area contributed by atoms with Gasteiger partial charge in [0.1, 0.15) is 0 Å². The number of hydrogen-bond acceptors (Lipinski definition) is 1. The van der Waals surface area contributed by atoms with Gasteiger partial charge in [-0.05, 0) is 5.54 Å². The summed E-state index contributed by atoms with van der Waals surface area (Å²) in [7, 11) is -0.0401. The lowest BCUT2D eigenvalue weighted by atomic mass is 11.0. The summed E-state index contributed by atoms with van der Waals surface area (Å²) in [5.41, 5.74) is 1.05. The molecule has 5 heavy (non-hydrogen) atoms. The van der Waals surface area contributed by atoms with Crippen molar-refractivity contribution in [2.24, 2.45) is 5.40 Å². The Labute approximate surface area is 34.5 Å². The minimum Gasteiger partial charge on any atom is -0.355 e. The monoisotopic (exact) mass is 87.1 g/mol. The van der Waals surface area contributed by atoms with E-state index in [1.807, 2.05) is 0 Å². The molecule has 0 atom stereocenters. The Hall–Kier alpha value is 0.177. The Balaban J connectivity index is 2.00. The maximum Gasteiger partial charge on any atom is 0.0919 e. The van der Waals surface area contributed by atoms with Crippen LogP contribution in [0.4, 0.5) is 0 Å². The maximum absolute atomic E-state index is 5.37. The van der Waals surface area contributed by atoms with Gasteiger partial charge in [-0.1, -0.05) is 12.8 Å². The molecule has 1 nitrogen and oxygen atoms in total. The zero-order chi connectivity index (χ0) is 3.70. The van der Waals surface area contributed by atoms with Crippen molar-refractivity contribution in [3.8, 4) is 0 Å². The molecule has 0 aromatic carbocycles. The molecule has 0 spiro atoms. The van der Waals surface area contributed by atoms with Gasteiger partial charge in [0.05, 0.1) is 9.68 Å². The molecule has 1 aliphatic rings. The van der Waals surface area contributed by atoms with Crippen molar-refractivity contribution in [2.45, 2.75) is 18.4 Å². The molecule has 2 N–H and O–H groups in total. The summed E-state index contributed by atoms with van der Waals surface area (Å²) in [6.45, 7) is 0. The molecule has 0 aromatic heterocycles. The van der Waals surface area contributed by atoms with E-state index in [2.05, 4.69) is 0 Å². The van der Waals surface area contributed by atoms with Crippen LogP contribution in [0.25, 0.3) is 0 Å². The average Bonchev–Trinajstić information content (AvgIpc) is 2.12. The first-order valence-electron chi connectivity index (χ1n) is 2.13. The highest BCUT2D eigenvalue weighted by Gasteiger charge is 2.18. The van der Waals surface area contributed by atoms with E-state index in [9.17, 15) is 0 Å². The van der Waals surface area contributed by atoms with Gasteiger partial charge in [-0.3, -0.25) is 0 Å². The summed E-state index contributed by atoms with van der Waals surface area (Å²) in [5, 5.41) is 5.37. The van der Waals surface area contributed by atoms with Gasteiger partial charge < -0.3 is 5.40 Å². The van der Waals surface area contributed by atoms with Crippen molar-refractivity contribution in [2.75, 3.05) is 0 Å². The SMILES string of the molecule is N[SiH2]C1CC1. The number of nitrogens with two attached hydrogens (primary N) is 1. The summed E-state index contributed by atoms with van der Waals surface area (Å²) < 4.78 is 0. The predicted molar refractivity (Wildman–Crippen MR) is 25.7 cm³/mol. The fraction of sp³-hybridized carbons (Fsp3) is 1.00. The molecule has 0 aromatic rings. The lowest BCUT2D eigenvalue weighted by Gasteiger charge is -1.72. The van der Waals surface area contributed by atoms with Crippen LogP contribution in [0.5, 0.6) is 0 Å². The van der Waals surface area contributed by atoms with Gasteiger partial charge in [-0.15, -0.1) is 0 Å². The van der Waals surface area contributed by atoms with Crippen LogP contribution in [0, 0.1) is 0 Å². The molecule has 2 heteroatoms. The Bertz CT molecular complexity index is 33.9. The highest BCUT2D eigenvalue weighted by Crippen LogP contribution is 2.33. The molecule has 0 radical (unpaired) electrons. The Morgan fingerprint density at radius 3 is 2.20 bits per heavy atom. The van der Waals surface area contributed by atoms with E-state index in [-0.39, 0.29) is 9.68 Å². The van der Waals surface area contributed by atoms with E-state index in [1.165, 1.54) is 12.8 Å². The molecular weight excluding hydrogens is 78.1 g/mol. The highest BCUT2D eigenvalue weighted by molar-refractivity contribution is 6.34. The summed E-state index contributed by atoms with van der Waals surface area (Å²) in [4.78, 5) is 0. The summed E-state index contributed by atoms with van der Waals surface area (Å²) in [5.74, 6) is 0. The first-order valence-corrected chi connectivity index (χ1v) is 3.77. The molecular formula is C3H9NSi. The van der Waals surface area contributed by atoms with Crippen LogP contribution < -0.4 is 5.40 Å². The molecule has 0 bridgehead atoms. The molecule has 0 heterocycles. The lowest BCUT2D eigenvalue weighted by Crippen LogP contribution is -2.01. The summed E-state index contributed by atoms with van der Waals surface area (Å²) >= 11 is 0. The topological polar surface area (TPSA) is 26.0 Å². The largest absolute Gasteiger partial charge is 0.355 e. The van der Waals surface area contributed by atoms with Crippen molar-refractivity contribution >= 4 is 9.68 Å². The molecule has 30 valence electrons. The number of rotatable bonds is 1. The van der Waals surface area contributed by atoms with E-state index in [0.29, 0.717) is 0 Å². The molecule has 0 unspecified atom stereocenters. The van der Waals surface area contributed by atoms with Gasteiger partial charge in [-0.2, -0.15) is 0 Å². The fourth-order valence-electron chi connectivity index (χ4n) is 0.354. The first kappa shape index (κ1) is 3.37. The zero-order valence-electron chi connectivity index (χ0n) is 3.28. The molecule has 1 rings (SSSR count). The molecule has 1 fully saturated rings. The lowest BCUT2D eigenvalue weighted by molar-refractivity contribution is 1.42. The van der Waals surface area contributed by atoms with Gasteiger partial charge in [0.25, 0.3) is 0 Å². The van der Waals surface area contributed by atoms with Crippen LogP contribution in [-0.2, 0) is 0 Å². The van der Waals surface area contributed by atoms with Crippen LogP contribution >= 0.6 is 0 Å². The fourth-order valence-corrected chi connectivity index (χ4v) is 1.06. The van der Waals surface area contributed by atoms with E-state index in [1.54, 1.807) is 0 Å². The van der Waals surface area contributed by atoms with Crippen molar-refractivity contribution in [3.63, 3.8) is 0 Å². The van der Waals surface area contributed by atoms with Crippen molar-refractivity contribution < 1.29 is 0 Å². The average molecular weight is 87.2 g/mol. The van der Waals surface area contributed by atoms with Gasteiger partial charge in [0.2, 0.25) is 0 Å². The second-order valence-electron chi connectivity index (χ2n) is 1.68. The van der Waals surface area contributed by atoms with Crippen molar-refractivity contribution in [3.05, 3.63) is 0 Å². The van der Waals surface area contributed by atoms with E-state index < -0.39 is 0 Å². The maximum atomic E-state index is 5.37.